The van der Waals surface area contributed by atoms with Gasteiger partial charge in [0.2, 0.25) is 0 Å². The Balaban J connectivity index is 1.78. The molecular weight excluding hydrogens is 342 g/mol. The largest absolute Gasteiger partial charge is 0.493 e. The molecule has 0 spiro atoms. The number of esters is 1. The first-order valence-corrected chi connectivity index (χ1v) is 8.27. The predicted molar refractivity (Wildman–Crippen MR) is 99.9 cm³/mol. The van der Waals surface area contributed by atoms with E-state index >= 15 is 0 Å². The van der Waals surface area contributed by atoms with Crippen molar-refractivity contribution in [3.05, 3.63) is 89.5 Å². The highest BCUT2D eigenvalue weighted by molar-refractivity contribution is 5.93. The zero-order valence-electron chi connectivity index (χ0n) is 14.7. The van der Waals surface area contributed by atoms with Crippen molar-refractivity contribution in [3.63, 3.8) is 0 Å². The maximum absolute atomic E-state index is 12.7. The molecule has 5 heteroatoms. The lowest BCUT2D eigenvalue weighted by Crippen LogP contribution is -2.13. The van der Waals surface area contributed by atoms with Crippen LogP contribution in [0.5, 0.6) is 17.2 Å². The van der Waals surface area contributed by atoms with Gasteiger partial charge in [-0.25, -0.2) is 4.79 Å². The van der Waals surface area contributed by atoms with Gasteiger partial charge < -0.3 is 14.2 Å². The van der Waals surface area contributed by atoms with Gasteiger partial charge in [-0.15, -0.1) is 0 Å². The van der Waals surface area contributed by atoms with E-state index < -0.39 is 5.97 Å². The fourth-order valence-electron chi connectivity index (χ4n) is 2.50. The fourth-order valence-corrected chi connectivity index (χ4v) is 2.50. The lowest BCUT2D eigenvalue weighted by atomic mass is 10.1. The molecule has 0 unspecified atom stereocenters. The van der Waals surface area contributed by atoms with Crippen LogP contribution in [0, 0.1) is 11.3 Å². The molecule has 0 heterocycles. The Morgan fingerprint density at radius 1 is 0.963 bits per heavy atom. The molecule has 3 rings (SSSR count). The Morgan fingerprint density at radius 3 is 2.44 bits per heavy atom. The van der Waals surface area contributed by atoms with Crippen molar-refractivity contribution in [1.82, 2.24) is 0 Å². The molecule has 0 aliphatic heterocycles. The zero-order chi connectivity index (χ0) is 19.1. The lowest BCUT2D eigenvalue weighted by molar-refractivity contribution is 0.0727. The summed E-state index contributed by atoms with van der Waals surface area (Å²) >= 11 is 0. The number of nitriles is 1. The molecule has 0 saturated carbocycles. The third-order valence-electron chi connectivity index (χ3n) is 3.87. The van der Waals surface area contributed by atoms with E-state index in [1.807, 2.05) is 48.5 Å². The topological polar surface area (TPSA) is 68.5 Å². The maximum Gasteiger partial charge on any atom is 0.344 e. The molecular formula is C22H17NO4. The summed E-state index contributed by atoms with van der Waals surface area (Å²) in [6, 6.07) is 23.1. The molecule has 27 heavy (non-hydrogen) atoms. The summed E-state index contributed by atoms with van der Waals surface area (Å²) in [6.45, 7) is 0.236. The van der Waals surface area contributed by atoms with Crippen molar-refractivity contribution in [3.8, 4) is 23.3 Å². The highest BCUT2D eigenvalue weighted by Crippen LogP contribution is 2.29. The smallest absolute Gasteiger partial charge is 0.344 e. The second kappa shape index (κ2) is 8.54. The van der Waals surface area contributed by atoms with Crippen LogP contribution in [0.3, 0.4) is 0 Å². The number of hydrogen-bond acceptors (Lipinski definition) is 5. The molecule has 0 aliphatic rings. The Bertz CT molecular complexity index is 977. The second-order valence-electron chi connectivity index (χ2n) is 5.63. The number of benzene rings is 3. The predicted octanol–water partition coefficient (Wildman–Crippen LogP) is 4.37. The molecule has 0 radical (unpaired) electrons. The van der Waals surface area contributed by atoms with Gasteiger partial charge in [0, 0.05) is 11.6 Å². The van der Waals surface area contributed by atoms with Crippen LogP contribution < -0.4 is 14.2 Å². The van der Waals surface area contributed by atoms with Crippen LogP contribution in [0.25, 0.3) is 0 Å². The lowest BCUT2D eigenvalue weighted by Gasteiger charge is -2.12. The number of ether oxygens (including phenoxy) is 3. The van der Waals surface area contributed by atoms with Crippen molar-refractivity contribution in [2.45, 2.75) is 6.61 Å². The second-order valence-corrected chi connectivity index (χ2v) is 5.63. The third kappa shape index (κ3) is 4.44. The van der Waals surface area contributed by atoms with E-state index in [1.165, 1.54) is 13.2 Å². The van der Waals surface area contributed by atoms with Crippen molar-refractivity contribution < 1.29 is 19.0 Å². The number of nitrogens with zero attached hydrogens (tertiary/aromatic N) is 1. The van der Waals surface area contributed by atoms with Crippen LogP contribution in [0.1, 0.15) is 21.5 Å². The standard InChI is InChI=1S/C22H17NO4/c1-25-21-13-16(14-23)11-12-20(21)27-22(24)19-10-6-5-7-17(19)15-26-18-8-3-2-4-9-18/h2-13H,15H2,1H3. The summed E-state index contributed by atoms with van der Waals surface area (Å²) in [7, 11) is 1.45. The van der Waals surface area contributed by atoms with Gasteiger partial charge in [-0.05, 0) is 30.3 Å². The van der Waals surface area contributed by atoms with Gasteiger partial charge in [0.1, 0.15) is 12.4 Å². The van der Waals surface area contributed by atoms with Crippen LogP contribution in [-0.2, 0) is 6.61 Å². The minimum Gasteiger partial charge on any atom is -0.493 e. The van der Waals surface area contributed by atoms with Crippen LogP contribution in [0.15, 0.2) is 72.8 Å². The third-order valence-corrected chi connectivity index (χ3v) is 3.87. The van der Waals surface area contributed by atoms with Crippen molar-refractivity contribution in [2.24, 2.45) is 0 Å². The number of hydrogen-bond donors (Lipinski definition) is 0. The van der Waals surface area contributed by atoms with Gasteiger partial charge in [-0.2, -0.15) is 5.26 Å². The SMILES string of the molecule is COc1cc(C#N)ccc1OC(=O)c1ccccc1COc1ccccc1. The molecule has 0 fully saturated rings. The molecule has 3 aromatic carbocycles. The highest BCUT2D eigenvalue weighted by Gasteiger charge is 2.16. The summed E-state index contributed by atoms with van der Waals surface area (Å²) in [5.74, 6) is 0.764. The van der Waals surface area contributed by atoms with Gasteiger partial charge in [0.05, 0.1) is 24.3 Å². The molecule has 0 aliphatic carbocycles. The minimum absolute atomic E-state index is 0.236. The molecule has 0 atom stereocenters. The fraction of sp³-hybridized carbons (Fsp3) is 0.0909. The summed E-state index contributed by atoms with van der Waals surface area (Å²) in [5.41, 5.74) is 1.53. The quantitative estimate of drug-likeness (QED) is 0.483. The van der Waals surface area contributed by atoms with Crippen LogP contribution in [0.4, 0.5) is 0 Å². The Kier molecular flexibility index (Phi) is 5.70. The van der Waals surface area contributed by atoms with E-state index in [4.69, 9.17) is 19.5 Å². The van der Waals surface area contributed by atoms with E-state index in [9.17, 15) is 4.79 Å². The summed E-state index contributed by atoms with van der Waals surface area (Å²) in [5, 5.41) is 8.97. The Labute approximate surface area is 157 Å². The number of rotatable bonds is 6. The van der Waals surface area contributed by atoms with Crippen molar-refractivity contribution in [1.29, 1.82) is 5.26 Å². The highest BCUT2D eigenvalue weighted by atomic mass is 16.6. The molecule has 0 bridgehead atoms. The van der Waals surface area contributed by atoms with E-state index in [-0.39, 0.29) is 12.4 Å². The molecule has 0 aromatic heterocycles. The van der Waals surface area contributed by atoms with Crippen LogP contribution in [0.2, 0.25) is 0 Å². The summed E-state index contributed by atoms with van der Waals surface area (Å²) < 4.78 is 16.4. The monoisotopic (exact) mass is 359 g/mol. The van der Waals surface area contributed by atoms with E-state index in [0.717, 1.165) is 5.75 Å². The van der Waals surface area contributed by atoms with Crippen LogP contribution in [-0.4, -0.2) is 13.1 Å². The van der Waals surface area contributed by atoms with E-state index in [1.54, 1.807) is 24.3 Å². The number of para-hydroxylation sites is 1. The van der Waals surface area contributed by atoms with Gasteiger partial charge in [-0.1, -0.05) is 36.4 Å². The molecule has 0 saturated heterocycles. The maximum atomic E-state index is 12.7. The average molecular weight is 359 g/mol. The van der Waals surface area contributed by atoms with Gasteiger partial charge in [0.25, 0.3) is 0 Å². The summed E-state index contributed by atoms with van der Waals surface area (Å²) in [6.07, 6.45) is 0. The van der Waals surface area contributed by atoms with Gasteiger partial charge in [0.15, 0.2) is 11.5 Å². The molecule has 0 N–H and O–H groups in total. The Morgan fingerprint density at radius 2 is 1.70 bits per heavy atom. The zero-order valence-corrected chi connectivity index (χ0v) is 14.7. The summed E-state index contributed by atoms with van der Waals surface area (Å²) in [4.78, 5) is 12.7. The first-order valence-electron chi connectivity index (χ1n) is 8.27. The first-order chi connectivity index (χ1) is 13.2. The number of methoxy groups -OCH3 is 1. The number of carbonyl (C=O) groups excluding carboxylic acids is 1. The van der Waals surface area contributed by atoms with E-state index in [0.29, 0.717) is 22.4 Å². The average Bonchev–Trinajstić information content (AvgIpc) is 2.73. The van der Waals surface area contributed by atoms with Crippen molar-refractivity contribution in [2.75, 3.05) is 7.11 Å². The molecule has 0 amide bonds. The normalized spacial score (nSPS) is 9.93. The Hall–Kier alpha value is -3.78. The number of carbonyl (C=O) groups is 1. The van der Waals surface area contributed by atoms with Crippen molar-refractivity contribution >= 4 is 5.97 Å². The van der Waals surface area contributed by atoms with Gasteiger partial charge in [-0.3, -0.25) is 0 Å². The molecule has 3 aromatic rings. The van der Waals surface area contributed by atoms with Crippen LogP contribution >= 0.6 is 0 Å². The van der Waals surface area contributed by atoms with Gasteiger partial charge >= 0.3 is 5.97 Å². The first kappa shape index (κ1) is 18.0. The van der Waals surface area contributed by atoms with E-state index in [2.05, 4.69) is 0 Å². The molecule has 134 valence electrons. The molecule has 5 nitrogen and oxygen atoms in total. The minimum atomic E-state index is -0.523.